The molecule has 0 aliphatic carbocycles. The molecule has 1 saturated heterocycles. The summed E-state index contributed by atoms with van der Waals surface area (Å²) in [7, 11) is 0. The number of amides is 1. The summed E-state index contributed by atoms with van der Waals surface area (Å²) < 4.78 is 0. The zero-order valence-corrected chi connectivity index (χ0v) is 15.2. The van der Waals surface area contributed by atoms with Crippen molar-refractivity contribution < 1.29 is 9.90 Å². The Labute approximate surface area is 156 Å². The first kappa shape index (κ1) is 16.8. The third kappa shape index (κ3) is 3.48. The molecular formula is C21H20N2O2S. The van der Waals surface area contributed by atoms with E-state index in [1.807, 2.05) is 52.7 Å². The summed E-state index contributed by atoms with van der Waals surface area (Å²) >= 11 is 1.58. The van der Waals surface area contributed by atoms with Crippen LogP contribution in [0.5, 0.6) is 5.75 Å². The topological polar surface area (TPSA) is 53.4 Å². The van der Waals surface area contributed by atoms with Gasteiger partial charge in [-0.05, 0) is 30.5 Å². The van der Waals surface area contributed by atoms with Gasteiger partial charge in [0, 0.05) is 17.5 Å². The van der Waals surface area contributed by atoms with Crippen LogP contribution in [0, 0.1) is 0 Å². The smallest absolute Gasteiger partial charge is 0.229 e. The quantitative estimate of drug-likeness (QED) is 0.745. The largest absolute Gasteiger partial charge is 0.508 e. The highest BCUT2D eigenvalue weighted by molar-refractivity contribution is 7.13. The molecule has 0 saturated carbocycles. The van der Waals surface area contributed by atoms with E-state index in [4.69, 9.17) is 0 Å². The van der Waals surface area contributed by atoms with Crippen LogP contribution >= 0.6 is 11.3 Å². The highest BCUT2D eigenvalue weighted by Crippen LogP contribution is 2.33. The van der Waals surface area contributed by atoms with Gasteiger partial charge in [0.1, 0.15) is 10.8 Å². The molecule has 2 heterocycles. The van der Waals surface area contributed by atoms with Crippen molar-refractivity contribution in [3.8, 4) is 16.3 Å². The van der Waals surface area contributed by atoms with Crippen molar-refractivity contribution in [1.82, 2.24) is 9.88 Å². The lowest BCUT2D eigenvalue weighted by atomic mass is 10.0. The molecule has 1 N–H and O–H groups in total. The molecule has 1 fully saturated rings. The maximum atomic E-state index is 12.9. The maximum Gasteiger partial charge on any atom is 0.229 e. The maximum absolute atomic E-state index is 12.9. The molecule has 1 aromatic heterocycles. The number of aromatic nitrogens is 1. The number of hydrogen-bond donors (Lipinski definition) is 1. The van der Waals surface area contributed by atoms with E-state index in [1.165, 1.54) is 0 Å². The van der Waals surface area contributed by atoms with Crippen LogP contribution in [-0.2, 0) is 11.2 Å². The summed E-state index contributed by atoms with van der Waals surface area (Å²) in [6.07, 6.45) is 2.30. The van der Waals surface area contributed by atoms with Crippen LogP contribution in [0.15, 0.2) is 60.0 Å². The van der Waals surface area contributed by atoms with Crippen LogP contribution in [0.1, 0.15) is 30.1 Å². The first-order valence-electron chi connectivity index (χ1n) is 8.79. The van der Waals surface area contributed by atoms with E-state index < -0.39 is 0 Å². The fourth-order valence-corrected chi connectivity index (χ4v) is 4.29. The molecule has 1 aliphatic rings. The number of phenols is 1. The van der Waals surface area contributed by atoms with Gasteiger partial charge in [0.25, 0.3) is 0 Å². The van der Waals surface area contributed by atoms with E-state index in [9.17, 15) is 9.90 Å². The van der Waals surface area contributed by atoms with Crippen molar-refractivity contribution in [1.29, 1.82) is 0 Å². The van der Waals surface area contributed by atoms with E-state index in [2.05, 4.69) is 4.98 Å². The zero-order valence-electron chi connectivity index (χ0n) is 14.3. The van der Waals surface area contributed by atoms with Gasteiger partial charge in [-0.15, -0.1) is 11.3 Å². The first-order valence-corrected chi connectivity index (χ1v) is 9.67. The van der Waals surface area contributed by atoms with Gasteiger partial charge in [-0.3, -0.25) is 4.79 Å². The highest BCUT2D eigenvalue weighted by atomic mass is 32.1. The molecule has 0 spiro atoms. The molecule has 26 heavy (non-hydrogen) atoms. The van der Waals surface area contributed by atoms with Gasteiger partial charge in [0.05, 0.1) is 18.2 Å². The number of nitrogens with zero attached hydrogens (tertiary/aromatic N) is 2. The number of likely N-dealkylation sites (tertiary alicyclic amines) is 1. The molecule has 2 aromatic carbocycles. The molecule has 1 aliphatic heterocycles. The predicted molar refractivity (Wildman–Crippen MR) is 103 cm³/mol. The first-order chi connectivity index (χ1) is 12.7. The molecule has 0 unspecified atom stereocenters. The second kappa shape index (κ2) is 7.30. The molecule has 0 radical (unpaired) electrons. The van der Waals surface area contributed by atoms with Gasteiger partial charge in [-0.1, -0.05) is 42.5 Å². The van der Waals surface area contributed by atoms with Crippen molar-refractivity contribution in [2.45, 2.75) is 25.3 Å². The molecule has 4 rings (SSSR count). The van der Waals surface area contributed by atoms with Crippen LogP contribution < -0.4 is 0 Å². The number of carbonyl (C=O) groups is 1. The molecule has 5 heteroatoms. The molecule has 4 nitrogen and oxygen atoms in total. The Hall–Kier alpha value is -2.66. The molecule has 1 atom stereocenters. The Morgan fingerprint density at radius 3 is 2.69 bits per heavy atom. The Morgan fingerprint density at radius 2 is 1.92 bits per heavy atom. The summed E-state index contributed by atoms with van der Waals surface area (Å²) in [5.74, 6) is 0.367. The number of benzene rings is 2. The average molecular weight is 364 g/mol. The van der Waals surface area contributed by atoms with Gasteiger partial charge in [-0.2, -0.15) is 0 Å². The van der Waals surface area contributed by atoms with Crippen molar-refractivity contribution >= 4 is 17.2 Å². The summed E-state index contributed by atoms with van der Waals surface area (Å²) in [5.41, 5.74) is 2.99. The van der Waals surface area contributed by atoms with Crippen molar-refractivity contribution in [2.24, 2.45) is 0 Å². The molecular weight excluding hydrogens is 344 g/mol. The lowest BCUT2D eigenvalue weighted by molar-refractivity contribution is -0.131. The van der Waals surface area contributed by atoms with Gasteiger partial charge in [-0.25, -0.2) is 4.98 Å². The minimum atomic E-state index is 0.0929. The number of carbonyl (C=O) groups excluding carboxylic acids is 1. The fourth-order valence-electron chi connectivity index (χ4n) is 3.47. The zero-order chi connectivity index (χ0) is 17.9. The van der Waals surface area contributed by atoms with Crippen molar-refractivity contribution in [3.05, 3.63) is 71.2 Å². The van der Waals surface area contributed by atoms with Crippen molar-refractivity contribution in [3.63, 3.8) is 0 Å². The van der Waals surface area contributed by atoms with E-state index in [1.54, 1.807) is 23.5 Å². The number of rotatable bonds is 4. The SMILES string of the molecule is O=C(Cc1csc(-c2ccccc2)n1)N1CCC[C@@H]1c1ccc(O)cc1. The monoisotopic (exact) mass is 364 g/mol. The predicted octanol–water partition coefficient (Wildman–Crippen LogP) is 4.42. The van der Waals surface area contributed by atoms with Crippen LogP contribution in [0.2, 0.25) is 0 Å². The number of aromatic hydroxyl groups is 1. The third-order valence-corrected chi connectivity index (χ3v) is 5.70. The second-order valence-electron chi connectivity index (χ2n) is 6.52. The number of hydrogen-bond acceptors (Lipinski definition) is 4. The van der Waals surface area contributed by atoms with Gasteiger partial charge in [0.15, 0.2) is 0 Å². The van der Waals surface area contributed by atoms with Crippen LogP contribution in [0.25, 0.3) is 10.6 Å². The highest BCUT2D eigenvalue weighted by Gasteiger charge is 2.30. The fraction of sp³-hybridized carbons (Fsp3) is 0.238. The number of thiazole rings is 1. The van der Waals surface area contributed by atoms with Crippen molar-refractivity contribution in [2.75, 3.05) is 6.54 Å². The van der Waals surface area contributed by atoms with E-state index in [0.717, 1.165) is 41.2 Å². The molecule has 3 aromatic rings. The van der Waals surface area contributed by atoms with Crippen LogP contribution in [-0.4, -0.2) is 27.4 Å². The Balaban J connectivity index is 1.47. The summed E-state index contributed by atoms with van der Waals surface area (Å²) in [4.78, 5) is 19.4. The van der Waals surface area contributed by atoms with Crippen LogP contribution in [0.3, 0.4) is 0 Å². The Bertz CT molecular complexity index is 890. The summed E-state index contributed by atoms with van der Waals surface area (Å²) in [5, 5.41) is 12.4. The van der Waals surface area contributed by atoms with E-state index in [0.29, 0.717) is 6.42 Å². The second-order valence-corrected chi connectivity index (χ2v) is 7.38. The lowest BCUT2D eigenvalue weighted by Crippen LogP contribution is -2.31. The minimum Gasteiger partial charge on any atom is -0.508 e. The van der Waals surface area contributed by atoms with E-state index >= 15 is 0 Å². The summed E-state index contributed by atoms with van der Waals surface area (Å²) in [6, 6.07) is 17.3. The normalized spacial score (nSPS) is 16.8. The molecule has 1 amide bonds. The summed E-state index contributed by atoms with van der Waals surface area (Å²) in [6.45, 7) is 0.778. The minimum absolute atomic E-state index is 0.0929. The molecule has 0 bridgehead atoms. The van der Waals surface area contributed by atoms with E-state index in [-0.39, 0.29) is 17.7 Å². The van der Waals surface area contributed by atoms with Gasteiger partial charge >= 0.3 is 0 Å². The van der Waals surface area contributed by atoms with Gasteiger partial charge < -0.3 is 10.0 Å². The lowest BCUT2D eigenvalue weighted by Gasteiger charge is -2.25. The van der Waals surface area contributed by atoms with Crippen LogP contribution in [0.4, 0.5) is 0 Å². The van der Waals surface area contributed by atoms with Gasteiger partial charge in [0.2, 0.25) is 5.91 Å². The Morgan fingerprint density at radius 1 is 1.15 bits per heavy atom. The average Bonchev–Trinajstić information content (AvgIpc) is 3.33. The standard InChI is InChI=1S/C21H20N2O2S/c24-18-10-8-15(9-11-18)19-7-4-12-23(19)20(25)13-17-14-26-21(22-17)16-5-2-1-3-6-16/h1-3,5-6,8-11,14,19,24H,4,7,12-13H2/t19-/m1/s1. The third-order valence-electron chi connectivity index (χ3n) is 4.76. The molecule has 132 valence electrons. The number of phenolic OH excluding ortho intramolecular Hbond substituents is 1. The Kier molecular flexibility index (Phi) is 4.71.